The highest BCUT2D eigenvalue weighted by Crippen LogP contribution is 2.36. The van der Waals surface area contributed by atoms with Crippen molar-refractivity contribution in [3.05, 3.63) is 89.0 Å². The van der Waals surface area contributed by atoms with Crippen LogP contribution in [0.25, 0.3) is 10.8 Å². The molecule has 0 aromatic heterocycles. The molecule has 0 atom stereocenters. The Hall–Kier alpha value is -3.86. The molecule has 0 amide bonds. The zero-order valence-electron chi connectivity index (χ0n) is 16.9. The van der Waals surface area contributed by atoms with Crippen molar-refractivity contribution in [3.63, 3.8) is 0 Å². The number of phenols is 5. The van der Waals surface area contributed by atoms with E-state index in [2.05, 4.69) is 30.3 Å². The second kappa shape index (κ2) is 8.48. The second-order valence-electron chi connectivity index (χ2n) is 7.78. The summed E-state index contributed by atoms with van der Waals surface area (Å²) < 4.78 is 0. The summed E-state index contributed by atoms with van der Waals surface area (Å²) in [5, 5.41) is 52.1. The molecule has 0 bridgehead atoms. The maximum Gasteiger partial charge on any atom is 0.200 e. The van der Waals surface area contributed by atoms with Crippen molar-refractivity contribution in [2.45, 2.75) is 25.7 Å². The van der Waals surface area contributed by atoms with Gasteiger partial charge >= 0.3 is 0 Å². The third-order valence-corrected chi connectivity index (χ3v) is 5.56. The van der Waals surface area contributed by atoms with Crippen molar-refractivity contribution in [3.8, 4) is 28.7 Å². The molecule has 0 saturated heterocycles. The number of hydrogen-bond acceptors (Lipinski definition) is 5. The smallest absolute Gasteiger partial charge is 0.200 e. The Bertz CT molecular complexity index is 1220. The fourth-order valence-corrected chi connectivity index (χ4v) is 3.88. The number of aromatic hydroxyl groups is 5. The number of fused-ring (bicyclic) bond motifs is 1. The molecule has 0 aliphatic carbocycles. The van der Waals surface area contributed by atoms with E-state index >= 15 is 0 Å². The van der Waals surface area contributed by atoms with Gasteiger partial charge in [-0.15, -0.1) is 0 Å². The first-order valence-electron chi connectivity index (χ1n) is 10.2. The van der Waals surface area contributed by atoms with Crippen molar-refractivity contribution in [2.75, 3.05) is 0 Å². The van der Waals surface area contributed by atoms with Crippen molar-refractivity contribution in [1.29, 1.82) is 0 Å². The molecule has 4 aromatic rings. The van der Waals surface area contributed by atoms with Crippen LogP contribution in [-0.4, -0.2) is 25.5 Å². The van der Waals surface area contributed by atoms with E-state index in [0.29, 0.717) is 36.0 Å². The van der Waals surface area contributed by atoms with Crippen LogP contribution in [0.2, 0.25) is 0 Å². The van der Waals surface area contributed by atoms with Gasteiger partial charge < -0.3 is 25.5 Å². The number of benzene rings is 4. The van der Waals surface area contributed by atoms with Gasteiger partial charge in [0, 0.05) is 0 Å². The van der Waals surface area contributed by atoms with Gasteiger partial charge in [0.2, 0.25) is 0 Å². The number of phenolic OH excluding ortho intramolecular Hbond substituents is 5. The molecule has 5 nitrogen and oxygen atoms in total. The van der Waals surface area contributed by atoms with Crippen LogP contribution in [0.15, 0.2) is 66.7 Å². The molecule has 4 rings (SSSR count). The van der Waals surface area contributed by atoms with Crippen LogP contribution in [0, 0.1) is 0 Å². The first-order chi connectivity index (χ1) is 14.9. The molecule has 158 valence electrons. The Balaban J connectivity index is 1.50. The summed E-state index contributed by atoms with van der Waals surface area (Å²) in [6, 6.07) is 20.3. The maximum atomic E-state index is 10.7. The van der Waals surface area contributed by atoms with Crippen LogP contribution in [0.4, 0.5) is 0 Å². The summed E-state index contributed by atoms with van der Waals surface area (Å²) in [5.74, 6) is -1.12. The maximum absolute atomic E-state index is 10.7. The summed E-state index contributed by atoms with van der Waals surface area (Å²) in [5.41, 5.74) is 3.01. The van der Waals surface area contributed by atoms with Crippen molar-refractivity contribution < 1.29 is 25.5 Å². The summed E-state index contributed by atoms with van der Waals surface area (Å²) in [4.78, 5) is 0. The van der Waals surface area contributed by atoms with E-state index in [1.54, 1.807) is 6.07 Å². The van der Waals surface area contributed by atoms with Gasteiger partial charge in [-0.3, -0.25) is 0 Å². The molecule has 0 radical (unpaired) electrons. The van der Waals surface area contributed by atoms with Crippen LogP contribution in [0.3, 0.4) is 0 Å². The molecule has 0 aliphatic heterocycles. The minimum absolute atomic E-state index is 0.0812. The van der Waals surface area contributed by atoms with Gasteiger partial charge in [-0.25, -0.2) is 0 Å². The van der Waals surface area contributed by atoms with E-state index < -0.39 is 17.2 Å². The molecule has 0 spiro atoms. The molecule has 0 saturated carbocycles. The predicted octanol–water partition coefficient (Wildman–Crippen LogP) is 4.94. The second-order valence-corrected chi connectivity index (χ2v) is 7.78. The molecule has 0 fully saturated rings. The lowest BCUT2D eigenvalue weighted by atomic mass is 9.96. The van der Waals surface area contributed by atoms with Crippen LogP contribution in [0.1, 0.15) is 22.3 Å². The largest absolute Gasteiger partial charge is 0.508 e. The molecule has 0 aliphatic rings. The van der Waals surface area contributed by atoms with Crippen molar-refractivity contribution in [1.82, 2.24) is 0 Å². The fraction of sp³-hybridized carbons (Fsp3) is 0.154. The third-order valence-electron chi connectivity index (χ3n) is 5.56. The fourth-order valence-electron chi connectivity index (χ4n) is 3.88. The van der Waals surface area contributed by atoms with Crippen LogP contribution in [0.5, 0.6) is 28.7 Å². The third kappa shape index (κ3) is 4.51. The zero-order valence-corrected chi connectivity index (χ0v) is 16.9. The highest BCUT2D eigenvalue weighted by atomic mass is 16.3. The van der Waals surface area contributed by atoms with E-state index in [1.807, 2.05) is 12.1 Å². The van der Waals surface area contributed by atoms with E-state index in [1.165, 1.54) is 29.0 Å². The SMILES string of the molecule is Oc1cc(CCc2cc(O)c(O)c(O)c2)c(O)c(CCc2ccc3ccccc3c2)c1. The number of hydrogen-bond donors (Lipinski definition) is 5. The lowest BCUT2D eigenvalue weighted by molar-refractivity contribution is 0.367. The number of aryl methyl sites for hydroxylation is 4. The standard InChI is InChI=1S/C26H24O5/c27-22-14-20(9-6-16-5-8-18-3-1-2-4-19(18)11-16)25(30)21(15-22)10-7-17-12-23(28)26(31)24(29)13-17/h1-5,8,11-15,27-31H,6-7,9-10H2. The van der Waals surface area contributed by atoms with Crippen molar-refractivity contribution >= 4 is 10.8 Å². The van der Waals surface area contributed by atoms with Gasteiger partial charge in [0.05, 0.1) is 0 Å². The molecule has 0 heterocycles. The highest BCUT2D eigenvalue weighted by molar-refractivity contribution is 5.83. The lowest BCUT2D eigenvalue weighted by Crippen LogP contribution is -1.97. The number of rotatable bonds is 6. The van der Waals surface area contributed by atoms with Gasteiger partial charge in [-0.1, -0.05) is 42.5 Å². The molecule has 5 heteroatoms. The van der Waals surface area contributed by atoms with Gasteiger partial charge in [-0.2, -0.15) is 0 Å². The molecule has 4 aromatic carbocycles. The Kier molecular flexibility index (Phi) is 5.58. The van der Waals surface area contributed by atoms with Crippen molar-refractivity contribution in [2.24, 2.45) is 0 Å². The topological polar surface area (TPSA) is 101 Å². The Morgan fingerprint density at radius 3 is 1.71 bits per heavy atom. The van der Waals surface area contributed by atoms with Crippen LogP contribution >= 0.6 is 0 Å². The quantitative estimate of drug-likeness (QED) is 0.226. The summed E-state index contributed by atoms with van der Waals surface area (Å²) >= 11 is 0. The van der Waals surface area contributed by atoms with E-state index in [9.17, 15) is 25.5 Å². The van der Waals surface area contributed by atoms with Gasteiger partial charge in [0.25, 0.3) is 0 Å². The first kappa shape index (κ1) is 20.4. The Morgan fingerprint density at radius 2 is 1.06 bits per heavy atom. The van der Waals surface area contributed by atoms with E-state index in [0.717, 1.165) is 12.0 Å². The van der Waals surface area contributed by atoms with Gasteiger partial charge in [0.1, 0.15) is 11.5 Å². The minimum Gasteiger partial charge on any atom is -0.508 e. The van der Waals surface area contributed by atoms with Gasteiger partial charge in [-0.05, 0) is 83.0 Å². The molecule has 31 heavy (non-hydrogen) atoms. The average molecular weight is 416 g/mol. The Labute approximate surface area is 180 Å². The summed E-state index contributed by atoms with van der Waals surface area (Å²) in [7, 11) is 0. The van der Waals surface area contributed by atoms with Gasteiger partial charge in [0.15, 0.2) is 17.2 Å². The van der Waals surface area contributed by atoms with Crippen LogP contribution < -0.4 is 0 Å². The molecule has 5 N–H and O–H groups in total. The highest BCUT2D eigenvalue weighted by Gasteiger charge is 2.13. The lowest BCUT2D eigenvalue weighted by Gasteiger charge is -2.12. The first-order valence-corrected chi connectivity index (χ1v) is 10.2. The monoisotopic (exact) mass is 416 g/mol. The van der Waals surface area contributed by atoms with E-state index in [-0.39, 0.29) is 11.5 Å². The zero-order chi connectivity index (χ0) is 22.0. The average Bonchev–Trinajstić information content (AvgIpc) is 2.76. The Morgan fingerprint density at radius 1 is 0.484 bits per heavy atom. The molecule has 0 unspecified atom stereocenters. The predicted molar refractivity (Wildman–Crippen MR) is 120 cm³/mol. The summed E-state index contributed by atoms with van der Waals surface area (Å²) in [6.45, 7) is 0. The van der Waals surface area contributed by atoms with E-state index in [4.69, 9.17) is 0 Å². The normalized spacial score (nSPS) is 11.1. The summed E-state index contributed by atoms with van der Waals surface area (Å²) in [6.07, 6.45) is 2.10. The minimum atomic E-state index is -0.556. The molecular weight excluding hydrogens is 392 g/mol. The molecular formula is C26H24O5. The van der Waals surface area contributed by atoms with Crippen LogP contribution in [-0.2, 0) is 25.7 Å².